The van der Waals surface area contributed by atoms with Gasteiger partial charge < -0.3 is 4.74 Å². The van der Waals surface area contributed by atoms with E-state index in [4.69, 9.17) is 0 Å². The number of hydrogen-bond acceptors (Lipinski definition) is 5. The number of carbonyl (C=O) groups is 2. The predicted molar refractivity (Wildman–Crippen MR) is 91.1 cm³/mol. The molecule has 0 radical (unpaired) electrons. The van der Waals surface area contributed by atoms with Gasteiger partial charge in [-0.25, -0.2) is 12.7 Å². The number of nitrogens with zero attached hydrogens (tertiary/aromatic N) is 1. The highest BCUT2D eigenvalue weighted by Crippen LogP contribution is 2.49. The number of methoxy groups -OCH3 is 1. The molecule has 1 aliphatic heterocycles. The van der Waals surface area contributed by atoms with Crippen molar-refractivity contribution in [3.8, 4) is 0 Å². The van der Waals surface area contributed by atoms with Crippen molar-refractivity contribution in [3.05, 3.63) is 29.8 Å². The maximum atomic E-state index is 13.2. The second-order valence-electron chi connectivity index (χ2n) is 7.03. The van der Waals surface area contributed by atoms with Crippen LogP contribution in [0, 0.1) is 12.8 Å². The van der Waals surface area contributed by atoms with Crippen molar-refractivity contribution in [2.24, 2.45) is 5.92 Å². The minimum Gasteiger partial charge on any atom is -0.469 e. The number of benzene rings is 1. The first-order chi connectivity index (χ1) is 11.8. The van der Waals surface area contributed by atoms with E-state index in [1.165, 1.54) is 19.2 Å². The van der Waals surface area contributed by atoms with Gasteiger partial charge in [0, 0.05) is 0 Å². The Kier molecular flexibility index (Phi) is 4.62. The quantitative estimate of drug-likeness (QED) is 0.766. The van der Waals surface area contributed by atoms with Gasteiger partial charge in [-0.3, -0.25) is 9.59 Å². The molecule has 7 heteroatoms. The molecule has 2 fully saturated rings. The Morgan fingerprint density at radius 1 is 1.24 bits per heavy atom. The summed E-state index contributed by atoms with van der Waals surface area (Å²) in [5.74, 6) is -1.60. The van der Waals surface area contributed by atoms with Crippen molar-refractivity contribution in [1.29, 1.82) is 0 Å². The first-order valence-electron chi connectivity index (χ1n) is 8.53. The van der Waals surface area contributed by atoms with E-state index in [0.29, 0.717) is 19.3 Å². The van der Waals surface area contributed by atoms with Crippen LogP contribution in [0.2, 0.25) is 0 Å². The normalized spacial score (nSPS) is 22.6. The molecule has 25 heavy (non-hydrogen) atoms. The van der Waals surface area contributed by atoms with Crippen LogP contribution in [0.4, 0.5) is 0 Å². The lowest BCUT2D eigenvalue weighted by Crippen LogP contribution is -2.47. The Balaban J connectivity index is 2.00. The number of hydrogen-bond donors (Lipinski definition) is 0. The number of amides is 1. The van der Waals surface area contributed by atoms with Crippen molar-refractivity contribution in [2.45, 2.75) is 55.9 Å². The van der Waals surface area contributed by atoms with E-state index >= 15 is 0 Å². The molecule has 0 N–H and O–H groups in total. The molecule has 1 heterocycles. The molecule has 2 aliphatic rings. The highest BCUT2D eigenvalue weighted by molar-refractivity contribution is 7.89. The first-order valence-corrected chi connectivity index (χ1v) is 9.97. The highest BCUT2D eigenvalue weighted by atomic mass is 32.2. The molecule has 0 bridgehead atoms. The fourth-order valence-electron chi connectivity index (χ4n) is 4.10. The summed E-state index contributed by atoms with van der Waals surface area (Å²) >= 11 is 0. The molecule has 0 aromatic heterocycles. The summed E-state index contributed by atoms with van der Waals surface area (Å²) in [4.78, 5) is 24.7. The summed E-state index contributed by atoms with van der Waals surface area (Å²) in [5.41, 5.74) is 0.255. The van der Waals surface area contributed by atoms with E-state index in [1.54, 1.807) is 12.1 Å². The van der Waals surface area contributed by atoms with E-state index in [-0.39, 0.29) is 11.3 Å². The maximum absolute atomic E-state index is 13.2. The first kappa shape index (κ1) is 17.9. The third kappa shape index (κ3) is 3.05. The second kappa shape index (κ2) is 6.44. The molecule has 136 valence electrons. The summed E-state index contributed by atoms with van der Waals surface area (Å²) in [6.07, 6.45) is 3.41. The van der Waals surface area contributed by atoms with E-state index in [9.17, 15) is 18.0 Å². The zero-order chi connectivity index (χ0) is 18.2. The average molecular weight is 365 g/mol. The van der Waals surface area contributed by atoms with Gasteiger partial charge in [-0.15, -0.1) is 0 Å². The van der Waals surface area contributed by atoms with Crippen molar-refractivity contribution in [1.82, 2.24) is 4.31 Å². The minimum atomic E-state index is -3.94. The molecule has 1 saturated carbocycles. The zero-order valence-electron chi connectivity index (χ0n) is 14.5. The lowest BCUT2D eigenvalue weighted by atomic mass is 9.90. The fraction of sp³-hybridized carbons (Fsp3) is 0.556. The summed E-state index contributed by atoms with van der Waals surface area (Å²) in [7, 11) is -2.67. The Bertz CT molecular complexity index is 778. The summed E-state index contributed by atoms with van der Waals surface area (Å²) in [6, 6.07) is 6.52. The number of ether oxygens (including phenoxy) is 1. The molecule has 1 spiro atoms. The fourth-order valence-corrected chi connectivity index (χ4v) is 5.95. The monoisotopic (exact) mass is 365 g/mol. The molecule has 1 aliphatic carbocycles. The second-order valence-corrected chi connectivity index (χ2v) is 8.82. The number of rotatable bonds is 4. The van der Waals surface area contributed by atoms with Gasteiger partial charge in [-0.1, -0.05) is 30.5 Å². The molecule has 3 rings (SSSR count). The van der Waals surface area contributed by atoms with Crippen molar-refractivity contribution >= 4 is 21.9 Å². The molecule has 0 unspecified atom stereocenters. The van der Waals surface area contributed by atoms with Gasteiger partial charge in [0.1, 0.15) is 0 Å². The number of esters is 1. The zero-order valence-corrected chi connectivity index (χ0v) is 15.3. The van der Waals surface area contributed by atoms with Crippen molar-refractivity contribution in [3.63, 3.8) is 0 Å². The van der Waals surface area contributed by atoms with Crippen LogP contribution in [-0.4, -0.2) is 37.2 Å². The third-order valence-corrected chi connectivity index (χ3v) is 7.26. The number of sulfonamides is 1. The molecule has 1 atom stereocenters. The summed E-state index contributed by atoms with van der Waals surface area (Å²) < 4.78 is 32.2. The lowest BCUT2D eigenvalue weighted by Gasteiger charge is -2.34. The van der Waals surface area contributed by atoms with Crippen LogP contribution >= 0.6 is 0 Å². The Morgan fingerprint density at radius 3 is 2.40 bits per heavy atom. The van der Waals surface area contributed by atoms with Crippen LogP contribution in [0.1, 0.15) is 44.1 Å². The van der Waals surface area contributed by atoms with Gasteiger partial charge in [-0.05, 0) is 38.3 Å². The Hall–Kier alpha value is -1.89. The van der Waals surface area contributed by atoms with Crippen molar-refractivity contribution in [2.75, 3.05) is 7.11 Å². The van der Waals surface area contributed by atoms with Crippen LogP contribution in [0.15, 0.2) is 29.2 Å². The van der Waals surface area contributed by atoms with Gasteiger partial charge in [0.2, 0.25) is 5.91 Å². The minimum absolute atomic E-state index is 0.0724. The van der Waals surface area contributed by atoms with Crippen molar-refractivity contribution < 1.29 is 22.7 Å². The Labute approximate surface area is 148 Å². The van der Waals surface area contributed by atoms with Crippen LogP contribution < -0.4 is 0 Å². The SMILES string of the molecule is COC(=O)C[C@@H]1CC2(CCCC2)N(S(=O)(=O)c2ccc(C)cc2)C1=O. The van der Waals surface area contributed by atoms with E-state index in [1.807, 2.05) is 6.92 Å². The number of aryl methyl sites for hydroxylation is 1. The van der Waals surface area contributed by atoms with Crippen LogP contribution in [-0.2, 0) is 24.3 Å². The average Bonchev–Trinajstić information content (AvgIpc) is 3.13. The van der Waals surface area contributed by atoms with Crippen LogP contribution in [0.3, 0.4) is 0 Å². The standard InChI is InChI=1S/C18H23NO5S/c1-13-5-7-15(8-6-13)25(22,23)19-17(21)14(11-16(20)24-2)12-18(19)9-3-4-10-18/h5-8,14H,3-4,9-12H2,1-2H3/t14-/m1/s1. The van der Waals surface area contributed by atoms with Gasteiger partial charge in [0.15, 0.2) is 0 Å². The maximum Gasteiger partial charge on any atom is 0.306 e. The molecule has 1 saturated heterocycles. The van der Waals surface area contributed by atoms with Crippen LogP contribution in [0.25, 0.3) is 0 Å². The van der Waals surface area contributed by atoms with Crippen LogP contribution in [0.5, 0.6) is 0 Å². The van der Waals surface area contributed by atoms with E-state index in [0.717, 1.165) is 22.7 Å². The smallest absolute Gasteiger partial charge is 0.306 e. The topological polar surface area (TPSA) is 80.8 Å². The van der Waals surface area contributed by atoms with Gasteiger partial charge >= 0.3 is 5.97 Å². The van der Waals surface area contributed by atoms with E-state index < -0.39 is 33.4 Å². The van der Waals surface area contributed by atoms with Gasteiger partial charge in [0.25, 0.3) is 10.0 Å². The molecular formula is C18H23NO5S. The number of carbonyl (C=O) groups excluding carboxylic acids is 2. The lowest BCUT2D eigenvalue weighted by molar-refractivity contribution is -0.144. The summed E-state index contributed by atoms with van der Waals surface area (Å²) in [5, 5.41) is 0. The largest absolute Gasteiger partial charge is 0.469 e. The predicted octanol–water partition coefficient (Wildman–Crippen LogP) is 2.41. The molecule has 6 nitrogen and oxygen atoms in total. The third-order valence-electron chi connectivity index (χ3n) is 5.34. The highest BCUT2D eigenvalue weighted by Gasteiger charge is 2.57. The van der Waals surface area contributed by atoms with E-state index in [2.05, 4.69) is 4.74 Å². The molecular weight excluding hydrogens is 342 g/mol. The molecule has 1 aromatic carbocycles. The summed E-state index contributed by atoms with van der Waals surface area (Å²) in [6.45, 7) is 1.88. The Morgan fingerprint density at radius 2 is 1.84 bits per heavy atom. The van der Waals surface area contributed by atoms with Gasteiger partial charge in [0.05, 0.1) is 29.9 Å². The molecule has 1 aromatic rings. The van der Waals surface area contributed by atoms with Gasteiger partial charge in [-0.2, -0.15) is 0 Å². The molecule has 1 amide bonds.